The second-order valence-corrected chi connectivity index (χ2v) is 4.45. The van der Waals surface area contributed by atoms with Crippen LogP contribution in [0.15, 0.2) is 12.1 Å². The summed E-state index contributed by atoms with van der Waals surface area (Å²) < 4.78 is 5.35. The van der Waals surface area contributed by atoms with Crippen molar-refractivity contribution in [3.63, 3.8) is 0 Å². The van der Waals surface area contributed by atoms with Crippen LogP contribution in [0.1, 0.15) is 24.5 Å². The summed E-state index contributed by atoms with van der Waals surface area (Å²) in [5.41, 5.74) is 9.10. The van der Waals surface area contributed by atoms with Gasteiger partial charge >= 0.3 is 0 Å². The first-order valence-electron chi connectivity index (χ1n) is 5.83. The summed E-state index contributed by atoms with van der Waals surface area (Å²) in [5.74, 6) is 0.880. The van der Waals surface area contributed by atoms with Crippen LogP contribution in [0.25, 0.3) is 0 Å². The van der Waals surface area contributed by atoms with E-state index in [1.54, 1.807) is 14.0 Å². The molecule has 2 rings (SSSR count). The van der Waals surface area contributed by atoms with E-state index < -0.39 is 0 Å². The maximum atomic E-state index is 11.1. The van der Waals surface area contributed by atoms with Gasteiger partial charge in [-0.15, -0.1) is 0 Å². The second-order valence-electron chi connectivity index (χ2n) is 4.45. The molecule has 0 aliphatic heterocycles. The fourth-order valence-corrected chi connectivity index (χ4v) is 2.48. The van der Waals surface area contributed by atoms with E-state index in [-0.39, 0.29) is 11.9 Å². The van der Waals surface area contributed by atoms with E-state index in [2.05, 4.69) is 5.32 Å². The van der Waals surface area contributed by atoms with Gasteiger partial charge in [0.05, 0.1) is 7.11 Å². The smallest absolute Gasteiger partial charge is 0.217 e. The van der Waals surface area contributed by atoms with Gasteiger partial charge in [-0.2, -0.15) is 0 Å². The minimum atomic E-state index is 0.0151. The van der Waals surface area contributed by atoms with E-state index in [4.69, 9.17) is 10.5 Å². The van der Waals surface area contributed by atoms with Crippen molar-refractivity contribution in [1.29, 1.82) is 0 Å². The van der Waals surface area contributed by atoms with Crippen LogP contribution in [-0.4, -0.2) is 19.1 Å². The van der Waals surface area contributed by atoms with Gasteiger partial charge in [0.15, 0.2) is 0 Å². The lowest BCUT2D eigenvalue weighted by atomic mass is 9.86. The Balaban J connectivity index is 2.29. The SMILES string of the molecule is COc1ccc(N)c2c1C[C@@H](NC(C)=O)CC2. The number of fused-ring (bicyclic) bond motifs is 1. The maximum absolute atomic E-state index is 11.1. The van der Waals surface area contributed by atoms with Gasteiger partial charge in [0.1, 0.15) is 5.75 Å². The van der Waals surface area contributed by atoms with Gasteiger partial charge in [-0.3, -0.25) is 4.79 Å². The first-order chi connectivity index (χ1) is 8.11. The van der Waals surface area contributed by atoms with Gasteiger partial charge in [0.2, 0.25) is 5.91 Å². The molecule has 1 aliphatic carbocycles. The Bertz CT molecular complexity index is 443. The molecular formula is C13H18N2O2. The lowest BCUT2D eigenvalue weighted by Crippen LogP contribution is -2.37. The number of nitrogen functional groups attached to an aromatic ring is 1. The van der Waals surface area contributed by atoms with Gasteiger partial charge in [-0.05, 0) is 37.0 Å². The molecule has 1 aromatic rings. The molecule has 0 radical (unpaired) electrons. The van der Waals surface area contributed by atoms with Gasteiger partial charge in [0, 0.05) is 24.2 Å². The number of hydrogen-bond acceptors (Lipinski definition) is 3. The number of anilines is 1. The van der Waals surface area contributed by atoms with Crippen LogP contribution in [0.2, 0.25) is 0 Å². The van der Waals surface area contributed by atoms with E-state index in [0.29, 0.717) is 0 Å². The number of carbonyl (C=O) groups is 1. The summed E-state index contributed by atoms with van der Waals surface area (Å²) in [5, 5.41) is 2.96. The van der Waals surface area contributed by atoms with Crippen molar-refractivity contribution >= 4 is 11.6 Å². The summed E-state index contributed by atoms with van der Waals surface area (Å²) in [7, 11) is 1.66. The molecule has 0 aromatic heterocycles. The van der Waals surface area contributed by atoms with Gasteiger partial charge in [-0.25, -0.2) is 0 Å². The number of nitrogens with one attached hydrogen (secondary N) is 1. The molecule has 0 heterocycles. The molecule has 0 unspecified atom stereocenters. The molecule has 1 aromatic carbocycles. The van der Waals surface area contributed by atoms with Gasteiger partial charge in [0.25, 0.3) is 0 Å². The number of rotatable bonds is 2. The predicted molar refractivity (Wildman–Crippen MR) is 67.0 cm³/mol. The van der Waals surface area contributed by atoms with E-state index in [1.165, 1.54) is 5.56 Å². The zero-order valence-corrected chi connectivity index (χ0v) is 10.2. The highest BCUT2D eigenvalue weighted by atomic mass is 16.5. The Hall–Kier alpha value is -1.71. The average molecular weight is 234 g/mol. The predicted octanol–water partition coefficient (Wildman–Crippen LogP) is 1.27. The molecule has 1 amide bonds. The fourth-order valence-electron chi connectivity index (χ4n) is 2.48. The Morgan fingerprint density at radius 3 is 2.88 bits per heavy atom. The Morgan fingerprint density at radius 2 is 2.24 bits per heavy atom. The van der Waals surface area contributed by atoms with E-state index in [1.807, 2.05) is 12.1 Å². The molecule has 0 bridgehead atoms. The van der Waals surface area contributed by atoms with Crippen molar-refractivity contribution < 1.29 is 9.53 Å². The Labute approximate surface area is 101 Å². The molecule has 0 fully saturated rings. The van der Waals surface area contributed by atoms with Crippen LogP contribution in [-0.2, 0) is 17.6 Å². The number of nitrogens with two attached hydrogens (primary N) is 1. The van der Waals surface area contributed by atoms with Crippen molar-refractivity contribution in [2.45, 2.75) is 32.2 Å². The summed E-state index contributed by atoms with van der Waals surface area (Å²) in [4.78, 5) is 11.1. The van der Waals surface area contributed by atoms with Gasteiger partial charge < -0.3 is 15.8 Å². The zero-order valence-electron chi connectivity index (χ0n) is 10.2. The zero-order chi connectivity index (χ0) is 12.4. The second kappa shape index (κ2) is 4.65. The third-order valence-electron chi connectivity index (χ3n) is 3.25. The quantitative estimate of drug-likeness (QED) is 0.757. The number of carbonyl (C=O) groups excluding carboxylic acids is 1. The minimum Gasteiger partial charge on any atom is -0.496 e. The Kier molecular flexibility index (Phi) is 3.22. The van der Waals surface area contributed by atoms with E-state index >= 15 is 0 Å². The summed E-state index contributed by atoms with van der Waals surface area (Å²) >= 11 is 0. The fraction of sp³-hybridized carbons (Fsp3) is 0.462. The van der Waals surface area contributed by atoms with Gasteiger partial charge in [-0.1, -0.05) is 0 Å². The molecule has 0 spiro atoms. The third-order valence-corrected chi connectivity index (χ3v) is 3.25. The van der Waals surface area contributed by atoms with Crippen molar-refractivity contribution in [3.8, 4) is 5.75 Å². The molecule has 1 aliphatic rings. The number of ether oxygens (including phenoxy) is 1. The normalized spacial score (nSPS) is 18.4. The van der Waals surface area contributed by atoms with Crippen molar-refractivity contribution in [1.82, 2.24) is 5.32 Å². The standard InChI is InChI=1S/C13H18N2O2/c1-8(16)15-9-3-4-10-11(7-9)13(17-2)6-5-12(10)14/h5-6,9H,3-4,7,14H2,1-2H3,(H,15,16)/t9-/m0/s1. The lowest BCUT2D eigenvalue weighted by molar-refractivity contribution is -0.119. The highest BCUT2D eigenvalue weighted by molar-refractivity contribution is 5.73. The van der Waals surface area contributed by atoms with Crippen molar-refractivity contribution in [2.24, 2.45) is 0 Å². The molecule has 0 saturated carbocycles. The molecule has 4 heteroatoms. The Morgan fingerprint density at radius 1 is 1.47 bits per heavy atom. The largest absolute Gasteiger partial charge is 0.496 e. The summed E-state index contributed by atoms with van der Waals surface area (Å²) in [6.45, 7) is 1.55. The van der Waals surface area contributed by atoms with Crippen LogP contribution >= 0.6 is 0 Å². The van der Waals surface area contributed by atoms with E-state index in [0.717, 1.165) is 36.3 Å². The third kappa shape index (κ3) is 2.35. The van der Waals surface area contributed by atoms with Crippen LogP contribution < -0.4 is 15.8 Å². The molecule has 3 N–H and O–H groups in total. The number of hydrogen-bond donors (Lipinski definition) is 2. The lowest BCUT2D eigenvalue weighted by Gasteiger charge is -2.27. The minimum absolute atomic E-state index is 0.0151. The number of benzene rings is 1. The highest BCUT2D eigenvalue weighted by Crippen LogP contribution is 2.33. The van der Waals surface area contributed by atoms with Crippen molar-refractivity contribution in [3.05, 3.63) is 23.3 Å². The molecule has 17 heavy (non-hydrogen) atoms. The maximum Gasteiger partial charge on any atom is 0.217 e. The molecular weight excluding hydrogens is 216 g/mol. The average Bonchev–Trinajstić information content (AvgIpc) is 2.29. The van der Waals surface area contributed by atoms with Crippen LogP contribution in [0.4, 0.5) is 5.69 Å². The molecule has 4 nitrogen and oxygen atoms in total. The molecule has 0 saturated heterocycles. The first kappa shape index (κ1) is 11.8. The number of amides is 1. The first-order valence-corrected chi connectivity index (χ1v) is 5.83. The summed E-state index contributed by atoms with van der Waals surface area (Å²) in [6.07, 6.45) is 2.62. The monoisotopic (exact) mass is 234 g/mol. The molecule has 1 atom stereocenters. The van der Waals surface area contributed by atoms with E-state index in [9.17, 15) is 4.79 Å². The molecule has 92 valence electrons. The highest BCUT2D eigenvalue weighted by Gasteiger charge is 2.23. The van der Waals surface area contributed by atoms with Crippen LogP contribution in [0.3, 0.4) is 0 Å². The topological polar surface area (TPSA) is 64.3 Å². The van der Waals surface area contributed by atoms with Crippen molar-refractivity contribution in [2.75, 3.05) is 12.8 Å². The number of methoxy groups -OCH3 is 1. The van der Waals surface area contributed by atoms with Crippen LogP contribution in [0, 0.1) is 0 Å². The van der Waals surface area contributed by atoms with Crippen LogP contribution in [0.5, 0.6) is 5.75 Å². The summed E-state index contributed by atoms with van der Waals surface area (Å²) in [6, 6.07) is 3.97.